The SMILES string of the molecule is CC(C)C(N)C(=O)NC(CO)C(=O)NC(C(=O)NCC(=O)O)C(C)O. The van der Waals surface area contributed by atoms with Crippen LogP contribution in [-0.4, -0.2) is 76.4 Å². The Bertz CT molecular complexity index is 496. The van der Waals surface area contributed by atoms with Crippen LogP contribution in [0.25, 0.3) is 0 Å². The molecule has 144 valence electrons. The number of hydrogen-bond donors (Lipinski definition) is 7. The number of carboxylic acids is 1. The van der Waals surface area contributed by atoms with Crippen LogP contribution < -0.4 is 21.7 Å². The lowest BCUT2D eigenvalue weighted by atomic mass is 10.0. The molecule has 0 radical (unpaired) electrons. The Morgan fingerprint density at radius 1 is 1.00 bits per heavy atom. The van der Waals surface area contributed by atoms with Crippen LogP contribution in [0.1, 0.15) is 20.8 Å². The lowest BCUT2D eigenvalue weighted by molar-refractivity contribution is -0.139. The van der Waals surface area contributed by atoms with E-state index in [9.17, 15) is 29.4 Å². The van der Waals surface area contributed by atoms with Crippen LogP contribution in [0.5, 0.6) is 0 Å². The Morgan fingerprint density at radius 2 is 1.56 bits per heavy atom. The molecule has 0 saturated heterocycles. The fraction of sp³-hybridized carbons (Fsp3) is 0.714. The Hall–Kier alpha value is -2.24. The van der Waals surface area contributed by atoms with Gasteiger partial charge in [-0.05, 0) is 12.8 Å². The predicted molar refractivity (Wildman–Crippen MR) is 86.1 cm³/mol. The average Bonchev–Trinajstić information content (AvgIpc) is 2.53. The highest BCUT2D eigenvalue weighted by molar-refractivity contribution is 5.94. The highest BCUT2D eigenvalue weighted by Gasteiger charge is 2.30. The third-order valence-electron chi connectivity index (χ3n) is 3.31. The Kier molecular flexibility index (Phi) is 9.64. The first-order chi connectivity index (χ1) is 11.5. The van der Waals surface area contributed by atoms with Gasteiger partial charge in [0.1, 0.15) is 18.6 Å². The Morgan fingerprint density at radius 3 is 1.96 bits per heavy atom. The van der Waals surface area contributed by atoms with Gasteiger partial charge in [-0.1, -0.05) is 13.8 Å². The van der Waals surface area contributed by atoms with Crippen LogP contribution in [0.4, 0.5) is 0 Å². The zero-order chi connectivity index (χ0) is 19.7. The van der Waals surface area contributed by atoms with E-state index in [4.69, 9.17) is 10.8 Å². The molecule has 4 atom stereocenters. The zero-order valence-corrected chi connectivity index (χ0v) is 14.4. The molecule has 0 aliphatic carbocycles. The number of nitrogens with one attached hydrogen (secondary N) is 3. The van der Waals surface area contributed by atoms with Gasteiger partial charge in [-0.25, -0.2) is 0 Å². The monoisotopic (exact) mass is 362 g/mol. The number of aliphatic hydroxyl groups excluding tert-OH is 2. The molecule has 0 bridgehead atoms. The summed E-state index contributed by atoms with van der Waals surface area (Å²) in [6, 6.07) is -3.74. The number of carbonyl (C=O) groups is 4. The summed E-state index contributed by atoms with van der Waals surface area (Å²) in [5.74, 6) is -4.01. The van der Waals surface area contributed by atoms with Crippen molar-refractivity contribution in [2.45, 2.75) is 45.0 Å². The van der Waals surface area contributed by atoms with Gasteiger partial charge >= 0.3 is 5.97 Å². The van der Waals surface area contributed by atoms with Crippen molar-refractivity contribution >= 4 is 23.7 Å². The van der Waals surface area contributed by atoms with E-state index in [1.165, 1.54) is 6.92 Å². The summed E-state index contributed by atoms with van der Waals surface area (Å²) in [7, 11) is 0. The molecule has 11 nitrogen and oxygen atoms in total. The van der Waals surface area contributed by atoms with Crippen LogP contribution >= 0.6 is 0 Å². The molecule has 0 aliphatic rings. The van der Waals surface area contributed by atoms with Crippen LogP contribution in [0.15, 0.2) is 0 Å². The van der Waals surface area contributed by atoms with Gasteiger partial charge in [0.15, 0.2) is 0 Å². The van der Waals surface area contributed by atoms with E-state index in [1.807, 2.05) is 5.32 Å². The molecule has 0 spiro atoms. The van der Waals surface area contributed by atoms with Gasteiger partial charge in [0.2, 0.25) is 17.7 Å². The lowest BCUT2D eigenvalue weighted by Gasteiger charge is -2.24. The second-order valence-electron chi connectivity index (χ2n) is 5.85. The zero-order valence-electron chi connectivity index (χ0n) is 14.4. The van der Waals surface area contributed by atoms with Gasteiger partial charge < -0.3 is 37.0 Å². The molecule has 8 N–H and O–H groups in total. The number of hydrogen-bond acceptors (Lipinski definition) is 7. The summed E-state index contributed by atoms with van der Waals surface area (Å²) in [4.78, 5) is 46.3. The molecule has 0 fully saturated rings. The molecule has 4 unspecified atom stereocenters. The summed E-state index contributed by atoms with van der Waals surface area (Å²) in [6.45, 7) is 3.17. The third-order valence-corrected chi connectivity index (χ3v) is 3.31. The number of carbonyl (C=O) groups excluding carboxylic acids is 3. The van der Waals surface area contributed by atoms with E-state index in [0.717, 1.165) is 0 Å². The number of rotatable bonds is 10. The molecule has 0 heterocycles. The molecule has 0 aromatic carbocycles. The number of amides is 3. The van der Waals surface area contributed by atoms with Crippen molar-refractivity contribution in [2.24, 2.45) is 11.7 Å². The number of nitrogens with two attached hydrogens (primary N) is 1. The van der Waals surface area contributed by atoms with E-state index in [-0.39, 0.29) is 5.92 Å². The van der Waals surface area contributed by atoms with Crippen molar-refractivity contribution in [1.82, 2.24) is 16.0 Å². The smallest absolute Gasteiger partial charge is 0.322 e. The van der Waals surface area contributed by atoms with E-state index in [1.54, 1.807) is 13.8 Å². The summed E-state index contributed by atoms with van der Waals surface area (Å²) in [6.07, 6.45) is -1.34. The average molecular weight is 362 g/mol. The molecule has 3 amide bonds. The number of carboxylic acid groups (broad SMARTS) is 1. The van der Waals surface area contributed by atoms with E-state index in [2.05, 4.69) is 10.6 Å². The van der Waals surface area contributed by atoms with Gasteiger partial charge in [-0.3, -0.25) is 19.2 Å². The van der Waals surface area contributed by atoms with Crippen molar-refractivity contribution in [3.8, 4) is 0 Å². The summed E-state index contributed by atoms with van der Waals surface area (Å²) >= 11 is 0. The van der Waals surface area contributed by atoms with Crippen molar-refractivity contribution in [3.05, 3.63) is 0 Å². The lowest BCUT2D eigenvalue weighted by Crippen LogP contribution is -2.59. The third kappa shape index (κ3) is 7.92. The summed E-state index contributed by atoms with van der Waals surface area (Å²) in [5, 5.41) is 33.8. The predicted octanol–water partition coefficient (Wildman–Crippen LogP) is -3.49. The van der Waals surface area contributed by atoms with Crippen molar-refractivity contribution < 1.29 is 34.5 Å². The second-order valence-corrected chi connectivity index (χ2v) is 5.85. The number of aliphatic carboxylic acids is 1. The molecule has 11 heteroatoms. The van der Waals surface area contributed by atoms with E-state index < -0.39 is 61.1 Å². The number of aliphatic hydroxyl groups is 2. The molecule has 25 heavy (non-hydrogen) atoms. The van der Waals surface area contributed by atoms with Crippen molar-refractivity contribution in [3.63, 3.8) is 0 Å². The topological polar surface area (TPSA) is 191 Å². The summed E-state index contributed by atoms with van der Waals surface area (Å²) in [5.41, 5.74) is 5.64. The maximum Gasteiger partial charge on any atom is 0.322 e. The molecule has 0 saturated carbocycles. The largest absolute Gasteiger partial charge is 0.480 e. The minimum atomic E-state index is -1.46. The maximum absolute atomic E-state index is 12.1. The minimum Gasteiger partial charge on any atom is -0.480 e. The Labute approximate surface area is 145 Å². The maximum atomic E-state index is 12.1. The van der Waals surface area contributed by atoms with Gasteiger partial charge in [-0.2, -0.15) is 0 Å². The fourth-order valence-electron chi connectivity index (χ4n) is 1.70. The van der Waals surface area contributed by atoms with Crippen LogP contribution in [-0.2, 0) is 19.2 Å². The summed E-state index contributed by atoms with van der Waals surface area (Å²) < 4.78 is 0. The van der Waals surface area contributed by atoms with E-state index >= 15 is 0 Å². The first kappa shape index (κ1) is 22.8. The normalized spacial score (nSPS) is 15.6. The van der Waals surface area contributed by atoms with Crippen molar-refractivity contribution in [1.29, 1.82) is 0 Å². The molecule has 0 aromatic rings. The minimum absolute atomic E-state index is 0.200. The molecular formula is C14H26N4O7. The fourth-order valence-corrected chi connectivity index (χ4v) is 1.70. The molecule has 0 aliphatic heterocycles. The standard InChI is InChI=1S/C14H26N4O7/c1-6(2)10(15)13(24)17-8(5-19)12(23)18-11(7(3)20)14(25)16-4-9(21)22/h6-8,10-11,19-20H,4-5,15H2,1-3H3,(H,16,25)(H,17,24)(H,18,23)(H,21,22). The van der Waals surface area contributed by atoms with Gasteiger partial charge in [0.25, 0.3) is 0 Å². The first-order valence-corrected chi connectivity index (χ1v) is 7.66. The first-order valence-electron chi connectivity index (χ1n) is 7.66. The highest BCUT2D eigenvalue weighted by Crippen LogP contribution is 2.00. The van der Waals surface area contributed by atoms with Gasteiger partial charge in [0.05, 0.1) is 18.8 Å². The molecular weight excluding hydrogens is 336 g/mol. The molecule has 0 aromatic heterocycles. The quantitative estimate of drug-likeness (QED) is 0.208. The van der Waals surface area contributed by atoms with Crippen LogP contribution in [0.2, 0.25) is 0 Å². The van der Waals surface area contributed by atoms with Gasteiger partial charge in [0, 0.05) is 0 Å². The highest BCUT2D eigenvalue weighted by atomic mass is 16.4. The van der Waals surface area contributed by atoms with Crippen molar-refractivity contribution in [2.75, 3.05) is 13.2 Å². The second kappa shape index (κ2) is 10.6. The van der Waals surface area contributed by atoms with Crippen LogP contribution in [0.3, 0.4) is 0 Å². The molecule has 0 rings (SSSR count). The Balaban J connectivity index is 4.92. The van der Waals surface area contributed by atoms with E-state index in [0.29, 0.717) is 0 Å². The van der Waals surface area contributed by atoms with Gasteiger partial charge in [-0.15, -0.1) is 0 Å². The van der Waals surface area contributed by atoms with Crippen LogP contribution in [0, 0.1) is 5.92 Å².